The van der Waals surface area contributed by atoms with Crippen molar-refractivity contribution in [2.75, 3.05) is 24.6 Å². The topological polar surface area (TPSA) is 120 Å². The molecule has 1 unspecified atom stereocenters. The summed E-state index contributed by atoms with van der Waals surface area (Å²) in [4.78, 5) is 13.9. The van der Waals surface area contributed by atoms with E-state index in [0.29, 0.717) is 12.4 Å². The Hall–Kier alpha value is -1.47. The number of aromatic nitrogens is 3. The molecule has 2 rings (SSSR count). The highest BCUT2D eigenvalue weighted by Gasteiger charge is 2.20. The number of rotatable bonds is 2. The monoisotopic (exact) mass is 209 g/mol. The fraction of sp³-hybridized carbons (Fsp3) is 0.625. The predicted molar refractivity (Wildman–Crippen MR) is 56.5 cm³/mol. The molecule has 0 bridgehead atoms. The maximum absolute atomic E-state index is 5.79. The molecule has 1 aromatic rings. The Morgan fingerprint density at radius 3 is 2.40 bits per heavy atom. The van der Waals surface area contributed by atoms with Crippen LogP contribution < -0.4 is 17.2 Å². The molecular formula is C8H15N7. The smallest absolute Gasteiger partial charge is 0.225 e. The van der Waals surface area contributed by atoms with Crippen LogP contribution in [0.4, 0.5) is 11.9 Å². The minimum absolute atomic E-state index is 0.168. The first-order chi connectivity index (χ1) is 7.13. The van der Waals surface area contributed by atoms with E-state index < -0.39 is 0 Å². The van der Waals surface area contributed by atoms with E-state index in [1.807, 2.05) is 0 Å². The van der Waals surface area contributed by atoms with Gasteiger partial charge < -0.3 is 17.2 Å². The lowest BCUT2D eigenvalue weighted by atomic mass is 10.3. The first-order valence-corrected chi connectivity index (χ1v) is 4.87. The number of anilines is 2. The van der Waals surface area contributed by atoms with Gasteiger partial charge in [0.1, 0.15) is 5.82 Å². The Labute approximate surface area is 87.7 Å². The van der Waals surface area contributed by atoms with E-state index in [1.54, 1.807) is 0 Å². The van der Waals surface area contributed by atoms with E-state index in [1.165, 1.54) is 0 Å². The van der Waals surface area contributed by atoms with Crippen LogP contribution in [-0.2, 0) is 6.54 Å². The molecule has 2 heterocycles. The van der Waals surface area contributed by atoms with Gasteiger partial charge >= 0.3 is 0 Å². The number of nitrogens with zero attached hydrogens (tertiary/aromatic N) is 4. The first-order valence-electron chi connectivity index (χ1n) is 4.87. The van der Waals surface area contributed by atoms with Gasteiger partial charge in [-0.2, -0.15) is 15.0 Å². The summed E-state index contributed by atoms with van der Waals surface area (Å²) >= 11 is 0. The van der Waals surface area contributed by atoms with Crippen LogP contribution in [0, 0.1) is 0 Å². The Kier molecular flexibility index (Phi) is 2.65. The zero-order valence-corrected chi connectivity index (χ0v) is 8.43. The predicted octanol–water partition coefficient (Wildman–Crippen LogP) is -1.43. The third-order valence-electron chi connectivity index (χ3n) is 2.39. The molecule has 1 saturated heterocycles. The van der Waals surface area contributed by atoms with E-state index in [4.69, 9.17) is 17.2 Å². The molecule has 1 fully saturated rings. The summed E-state index contributed by atoms with van der Waals surface area (Å²) in [6.45, 7) is 2.46. The minimum Gasteiger partial charge on any atom is -0.368 e. The number of hydrogen-bond acceptors (Lipinski definition) is 7. The van der Waals surface area contributed by atoms with E-state index in [0.717, 1.165) is 19.5 Å². The molecule has 1 aliphatic rings. The molecular weight excluding hydrogens is 194 g/mol. The molecule has 82 valence electrons. The summed E-state index contributed by atoms with van der Waals surface area (Å²) < 4.78 is 0. The molecule has 0 aliphatic carbocycles. The minimum atomic E-state index is 0.168. The Bertz CT molecular complexity index is 333. The zero-order chi connectivity index (χ0) is 10.8. The van der Waals surface area contributed by atoms with Gasteiger partial charge in [-0.05, 0) is 6.42 Å². The van der Waals surface area contributed by atoms with E-state index in [9.17, 15) is 0 Å². The van der Waals surface area contributed by atoms with Crippen molar-refractivity contribution in [3.05, 3.63) is 5.82 Å². The molecule has 0 radical (unpaired) electrons. The summed E-state index contributed by atoms with van der Waals surface area (Å²) in [7, 11) is 0. The van der Waals surface area contributed by atoms with Gasteiger partial charge in [0.05, 0.1) is 6.54 Å². The average Bonchev–Trinajstić information content (AvgIpc) is 2.49. The number of likely N-dealkylation sites (tertiary alicyclic amines) is 1. The summed E-state index contributed by atoms with van der Waals surface area (Å²) in [6.07, 6.45) is 1.01. The van der Waals surface area contributed by atoms with Gasteiger partial charge in [0.25, 0.3) is 0 Å². The lowest BCUT2D eigenvalue weighted by Gasteiger charge is -2.13. The summed E-state index contributed by atoms with van der Waals surface area (Å²) in [5.74, 6) is 0.941. The van der Waals surface area contributed by atoms with Gasteiger partial charge in [-0.3, -0.25) is 4.90 Å². The lowest BCUT2D eigenvalue weighted by Crippen LogP contribution is -2.27. The molecule has 0 saturated carbocycles. The van der Waals surface area contributed by atoms with E-state index in [2.05, 4.69) is 19.9 Å². The molecule has 1 atom stereocenters. The Balaban J connectivity index is 2.04. The molecule has 1 aliphatic heterocycles. The second-order valence-electron chi connectivity index (χ2n) is 3.75. The summed E-state index contributed by atoms with van der Waals surface area (Å²) in [5.41, 5.74) is 16.7. The normalized spacial score (nSPS) is 22.1. The highest BCUT2D eigenvalue weighted by Crippen LogP contribution is 2.10. The molecule has 1 aromatic heterocycles. The van der Waals surface area contributed by atoms with Crippen LogP contribution in [0.1, 0.15) is 12.2 Å². The van der Waals surface area contributed by atoms with Crippen LogP contribution in [0.2, 0.25) is 0 Å². The molecule has 0 aromatic carbocycles. The van der Waals surface area contributed by atoms with Crippen molar-refractivity contribution in [2.24, 2.45) is 5.73 Å². The fourth-order valence-electron chi connectivity index (χ4n) is 1.73. The van der Waals surface area contributed by atoms with E-state index in [-0.39, 0.29) is 17.9 Å². The second-order valence-corrected chi connectivity index (χ2v) is 3.75. The highest BCUT2D eigenvalue weighted by molar-refractivity contribution is 5.25. The third kappa shape index (κ3) is 2.51. The first kappa shape index (κ1) is 10.1. The largest absolute Gasteiger partial charge is 0.368 e. The highest BCUT2D eigenvalue weighted by atomic mass is 15.2. The van der Waals surface area contributed by atoms with Crippen molar-refractivity contribution in [1.29, 1.82) is 0 Å². The van der Waals surface area contributed by atoms with Crippen molar-refractivity contribution >= 4 is 11.9 Å². The standard InChI is InChI=1S/C8H15N7/c9-5-1-2-15(3-5)4-6-12-7(10)14-8(11)13-6/h5H,1-4,9H2,(H4,10,11,12,13,14). The van der Waals surface area contributed by atoms with E-state index >= 15 is 0 Å². The number of hydrogen-bond donors (Lipinski definition) is 3. The van der Waals surface area contributed by atoms with Crippen molar-refractivity contribution in [3.63, 3.8) is 0 Å². The van der Waals surface area contributed by atoms with Crippen molar-refractivity contribution in [1.82, 2.24) is 19.9 Å². The molecule has 0 amide bonds. The van der Waals surface area contributed by atoms with Crippen LogP contribution in [0.3, 0.4) is 0 Å². The third-order valence-corrected chi connectivity index (χ3v) is 2.39. The van der Waals surface area contributed by atoms with Crippen molar-refractivity contribution < 1.29 is 0 Å². The molecule has 6 N–H and O–H groups in total. The van der Waals surface area contributed by atoms with Gasteiger partial charge in [0.2, 0.25) is 11.9 Å². The van der Waals surface area contributed by atoms with Crippen LogP contribution >= 0.6 is 0 Å². The zero-order valence-electron chi connectivity index (χ0n) is 8.43. The quantitative estimate of drug-likeness (QED) is 0.546. The SMILES string of the molecule is Nc1nc(N)nc(CN2CCC(N)C2)n1. The molecule has 7 nitrogen and oxygen atoms in total. The number of nitrogens with two attached hydrogens (primary N) is 3. The Morgan fingerprint density at radius 2 is 1.87 bits per heavy atom. The van der Waals surface area contributed by atoms with Crippen molar-refractivity contribution in [3.8, 4) is 0 Å². The Morgan fingerprint density at radius 1 is 1.20 bits per heavy atom. The van der Waals surface area contributed by atoms with Gasteiger partial charge in [0, 0.05) is 19.1 Å². The van der Waals surface area contributed by atoms with Crippen molar-refractivity contribution in [2.45, 2.75) is 19.0 Å². The van der Waals surface area contributed by atoms with Crippen LogP contribution in [0.5, 0.6) is 0 Å². The molecule has 15 heavy (non-hydrogen) atoms. The van der Waals surface area contributed by atoms with Crippen LogP contribution in [0.15, 0.2) is 0 Å². The van der Waals surface area contributed by atoms with Crippen LogP contribution in [-0.4, -0.2) is 39.0 Å². The van der Waals surface area contributed by atoms with Crippen LogP contribution in [0.25, 0.3) is 0 Å². The second kappa shape index (κ2) is 3.95. The lowest BCUT2D eigenvalue weighted by molar-refractivity contribution is 0.318. The molecule has 0 spiro atoms. The fourth-order valence-corrected chi connectivity index (χ4v) is 1.73. The maximum Gasteiger partial charge on any atom is 0.225 e. The van der Waals surface area contributed by atoms with Gasteiger partial charge in [0.15, 0.2) is 0 Å². The summed E-state index contributed by atoms with van der Waals surface area (Å²) in [5, 5.41) is 0. The average molecular weight is 209 g/mol. The summed E-state index contributed by atoms with van der Waals surface area (Å²) in [6, 6.07) is 0.251. The van der Waals surface area contributed by atoms with Gasteiger partial charge in [-0.25, -0.2) is 0 Å². The molecule has 7 heteroatoms. The van der Waals surface area contributed by atoms with Gasteiger partial charge in [-0.15, -0.1) is 0 Å². The number of nitrogen functional groups attached to an aromatic ring is 2. The maximum atomic E-state index is 5.79. The van der Waals surface area contributed by atoms with Gasteiger partial charge in [-0.1, -0.05) is 0 Å².